The lowest BCUT2D eigenvalue weighted by molar-refractivity contribution is 0.451. The quantitative estimate of drug-likeness (QED) is 0.818. The molecule has 1 aromatic heterocycles. The molecule has 0 spiro atoms. The third-order valence-corrected chi connectivity index (χ3v) is 4.62. The van der Waals surface area contributed by atoms with Gasteiger partial charge >= 0.3 is 0 Å². The lowest BCUT2D eigenvalue weighted by Gasteiger charge is -2.17. The van der Waals surface area contributed by atoms with Crippen LogP contribution in [0, 0.1) is 5.82 Å². The van der Waals surface area contributed by atoms with Gasteiger partial charge in [-0.05, 0) is 12.1 Å². The van der Waals surface area contributed by atoms with Crippen molar-refractivity contribution in [3.63, 3.8) is 0 Å². The molecule has 0 radical (unpaired) electrons. The highest BCUT2D eigenvalue weighted by molar-refractivity contribution is 7.89. The van der Waals surface area contributed by atoms with Crippen LogP contribution in [0.2, 0.25) is 5.02 Å². The predicted octanol–water partition coefficient (Wildman–Crippen LogP) is 1.00. The van der Waals surface area contributed by atoms with Gasteiger partial charge in [-0.25, -0.2) is 17.8 Å². The molecule has 0 saturated carbocycles. The highest BCUT2D eigenvalue weighted by Crippen LogP contribution is 2.27. The van der Waals surface area contributed by atoms with Crippen LogP contribution in [-0.4, -0.2) is 35.0 Å². The third kappa shape index (κ3) is 2.74. The van der Waals surface area contributed by atoms with Gasteiger partial charge in [-0.15, -0.1) is 0 Å². The van der Waals surface area contributed by atoms with Gasteiger partial charge in [-0.3, -0.25) is 5.10 Å². The van der Waals surface area contributed by atoms with Crippen LogP contribution >= 0.6 is 11.6 Å². The lowest BCUT2D eigenvalue weighted by Crippen LogP contribution is -2.28. The van der Waals surface area contributed by atoms with Gasteiger partial charge in [0.05, 0.1) is 11.6 Å². The maximum absolute atomic E-state index is 13.9. The number of hydrogen-bond acceptors (Lipinski definition) is 5. The van der Waals surface area contributed by atoms with E-state index in [1.54, 1.807) is 0 Å². The molecule has 0 unspecified atom stereocenters. The molecule has 1 heterocycles. The number of aromatic amines is 1. The number of anilines is 1. The molecule has 1 aromatic carbocycles. The summed E-state index contributed by atoms with van der Waals surface area (Å²) >= 11 is 5.61. The first-order valence-electron chi connectivity index (χ1n) is 5.37. The van der Waals surface area contributed by atoms with E-state index in [0.717, 1.165) is 16.4 Å². The summed E-state index contributed by atoms with van der Waals surface area (Å²) in [5, 5.41) is 5.77. The summed E-state index contributed by atoms with van der Waals surface area (Å²) < 4.78 is 39.4. The Morgan fingerprint density at radius 2 is 2.20 bits per heavy atom. The van der Waals surface area contributed by atoms with Crippen LogP contribution in [0.4, 0.5) is 10.1 Å². The summed E-state index contributed by atoms with van der Waals surface area (Å²) in [6.07, 6.45) is 1.24. The normalized spacial score (nSPS) is 12.0. The number of nitrogens with two attached hydrogens (primary N) is 1. The van der Waals surface area contributed by atoms with Crippen molar-refractivity contribution in [2.75, 3.05) is 12.8 Å². The van der Waals surface area contributed by atoms with Gasteiger partial charge in [0.15, 0.2) is 5.82 Å². The van der Waals surface area contributed by atoms with Crippen molar-refractivity contribution < 1.29 is 12.8 Å². The summed E-state index contributed by atoms with van der Waals surface area (Å²) in [6.45, 7) is -0.0891. The molecule has 2 aromatic rings. The molecule has 7 nitrogen and oxygen atoms in total. The van der Waals surface area contributed by atoms with E-state index in [2.05, 4.69) is 15.2 Å². The minimum Gasteiger partial charge on any atom is -0.399 e. The Morgan fingerprint density at radius 1 is 1.50 bits per heavy atom. The molecule has 0 bridgehead atoms. The first-order chi connectivity index (χ1) is 9.32. The summed E-state index contributed by atoms with van der Waals surface area (Å²) in [7, 11) is -2.80. The zero-order valence-electron chi connectivity index (χ0n) is 10.3. The number of nitrogens with zero attached hydrogens (tertiary/aromatic N) is 3. The summed E-state index contributed by atoms with van der Waals surface area (Å²) in [6, 6.07) is 2.17. The predicted molar refractivity (Wildman–Crippen MR) is 70.9 cm³/mol. The van der Waals surface area contributed by atoms with Gasteiger partial charge in [-0.2, -0.15) is 9.40 Å². The van der Waals surface area contributed by atoms with Crippen LogP contribution in [0.3, 0.4) is 0 Å². The monoisotopic (exact) mass is 319 g/mol. The SMILES string of the molecule is CN(Cc1ncn[nH]1)S(=O)(=O)c1cc(N)cc(Cl)c1F. The zero-order chi connectivity index (χ0) is 14.9. The van der Waals surface area contributed by atoms with E-state index in [4.69, 9.17) is 17.3 Å². The van der Waals surface area contributed by atoms with Gasteiger partial charge in [-0.1, -0.05) is 11.6 Å². The fourth-order valence-electron chi connectivity index (χ4n) is 1.54. The molecule has 0 aliphatic rings. The fraction of sp³-hybridized carbons (Fsp3) is 0.200. The summed E-state index contributed by atoms with van der Waals surface area (Å²) in [5.74, 6) is -0.711. The number of hydrogen-bond donors (Lipinski definition) is 2. The number of benzene rings is 1. The van der Waals surface area contributed by atoms with Crippen LogP contribution in [-0.2, 0) is 16.6 Å². The second kappa shape index (κ2) is 5.35. The molecule has 0 saturated heterocycles. The number of sulfonamides is 1. The van der Waals surface area contributed by atoms with Crippen molar-refractivity contribution >= 4 is 27.3 Å². The van der Waals surface area contributed by atoms with Crippen molar-refractivity contribution in [2.45, 2.75) is 11.4 Å². The Bertz CT molecular complexity index is 719. The van der Waals surface area contributed by atoms with Crippen molar-refractivity contribution in [1.82, 2.24) is 19.5 Å². The molecule has 10 heteroatoms. The van der Waals surface area contributed by atoms with E-state index in [0.29, 0.717) is 5.82 Å². The molecule has 0 aliphatic heterocycles. The lowest BCUT2D eigenvalue weighted by atomic mass is 10.3. The van der Waals surface area contributed by atoms with Crippen LogP contribution in [0.1, 0.15) is 5.82 Å². The second-order valence-corrected chi connectivity index (χ2v) is 6.43. The average molecular weight is 320 g/mol. The number of rotatable bonds is 4. The standard InChI is InChI=1S/C10H11ClFN5O2S/c1-17(4-9-14-5-15-16-9)20(18,19)8-3-6(13)2-7(11)10(8)12/h2-3,5H,4,13H2,1H3,(H,14,15,16). The number of nitrogen functional groups attached to an aromatic ring is 1. The van der Waals surface area contributed by atoms with Crippen molar-refractivity contribution in [3.8, 4) is 0 Å². The highest BCUT2D eigenvalue weighted by Gasteiger charge is 2.27. The highest BCUT2D eigenvalue weighted by atomic mass is 35.5. The molecule has 3 N–H and O–H groups in total. The molecular weight excluding hydrogens is 309 g/mol. The smallest absolute Gasteiger partial charge is 0.246 e. The Balaban J connectivity index is 2.40. The average Bonchev–Trinajstić information content (AvgIpc) is 2.86. The number of nitrogens with one attached hydrogen (secondary N) is 1. The summed E-state index contributed by atoms with van der Waals surface area (Å²) in [4.78, 5) is 3.22. The zero-order valence-corrected chi connectivity index (χ0v) is 11.9. The first kappa shape index (κ1) is 14.7. The number of aromatic nitrogens is 3. The van der Waals surface area contributed by atoms with Crippen LogP contribution < -0.4 is 5.73 Å². The minimum atomic E-state index is -4.08. The molecule has 2 rings (SSSR count). The Hall–Kier alpha value is -1.71. The van der Waals surface area contributed by atoms with E-state index in [1.165, 1.54) is 13.4 Å². The Morgan fingerprint density at radius 3 is 2.80 bits per heavy atom. The fourth-order valence-corrected chi connectivity index (χ4v) is 3.08. The van der Waals surface area contributed by atoms with E-state index in [9.17, 15) is 12.8 Å². The second-order valence-electron chi connectivity index (χ2n) is 4.01. The van der Waals surface area contributed by atoms with Gasteiger partial charge in [0.1, 0.15) is 17.0 Å². The van der Waals surface area contributed by atoms with Crippen LogP contribution in [0.5, 0.6) is 0 Å². The van der Waals surface area contributed by atoms with Crippen molar-refractivity contribution in [3.05, 3.63) is 35.1 Å². The van der Waals surface area contributed by atoms with E-state index >= 15 is 0 Å². The minimum absolute atomic E-state index is 0.0584. The van der Waals surface area contributed by atoms with E-state index in [1.807, 2.05) is 0 Å². The topological polar surface area (TPSA) is 105 Å². The molecular formula is C10H11ClFN5O2S. The molecule has 0 atom stereocenters. The van der Waals surface area contributed by atoms with Crippen LogP contribution in [0.25, 0.3) is 0 Å². The summed E-state index contributed by atoms with van der Waals surface area (Å²) in [5.41, 5.74) is 5.56. The molecule has 20 heavy (non-hydrogen) atoms. The maximum Gasteiger partial charge on any atom is 0.246 e. The molecule has 108 valence electrons. The first-order valence-corrected chi connectivity index (χ1v) is 7.19. The van der Waals surface area contributed by atoms with Crippen LogP contribution in [0.15, 0.2) is 23.4 Å². The van der Waals surface area contributed by atoms with Gasteiger partial charge in [0.25, 0.3) is 0 Å². The van der Waals surface area contributed by atoms with Crippen molar-refractivity contribution in [1.29, 1.82) is 0 Å². The molecule has 0 aliphatic carbocycles. The van der Waals surface area contributed by atoms with Gasteiger partial charge in [0, 0.05) is 12.7 Å². The Kier molecular flexibility index (Phi) is 3.93. The molecule has 0 fully saturated rings. The van der Waals surface area contributed by atoms with E-state index in [-0.39, 0.29) is 17.3 Å². The largest absolute Gasteiger partial charge is 0.399 e. The third-order valence-electron chi connectivity index (χ3n) is 2.54. The van der Waals surface area contributed by atoms with Gasteiger partial charge < -0.3 is 5.73 Å². The maximum atomic E-state index is 13.9. The van der Waals surface area contributed by atoms with E-state index < -0.39 is 20.7 Å². The Labute approximate surface area is 119 Å². The van der Waals surface area contributed by atoms with Crippen molar-refractivity contribution in [2.24, 2.45) is 0 Å². The molecule has 0 amide bonds. The number of H-pyrrole nitrogens is 1. The van der Waals surface area contributed by atoms with Gasteiger partial charge in [0.2, 0.25) is 10.0 Å². The number of halogens is 2.